The monoisotopic (exact) mass is 132 g/mol. The summed E-state index contributed by atoms with van der Waals surface area (Å²) in [6, 6.07) is 0. The van der Waals surface area contributed by atoms with Gasteiger partial charge in [0.1, 0.15) is 6.29 Å². The van der Waals surface area contributed by atoms with Crippen molar-refractivity contribution in [1.82, 2.24) is 0 Å². The fourth-order valence-electron chi connectivity index (χ4n) is 0.539. The summed E-state index contributed by atoms with van der Waals surface area (Å²) in [6.07, 6.45) is 1.76. The van der Waals surface area contributed by atoms with Crippen molar-refractivity contribution in [2.24, 2.45) is 5.92 Å². The van der Waals surface area contributed by atoms with Crippen molar-refractivity contribution in [2.45, 2.75) is 25.5 Å². The summed E-state index contributed by atoms with van der Waals surface area (Å²) in [5.41, 5.74) is 0. The van der Waals surface area contributed by atoms with Gasteiger partial charge in [-0.3, -0.25) is 0 Å². The van der Waals surface area contributed by atoms with Crippen LogP contribution in [0, 0.1) is 5.92 Å². The van der Waals surface area contributed by atoms with E-state index in [9.17, 15) is 4.79 Å². The molecule has 0 heterocycles. The van der Waals surface area contributed by atoms with Gasteiger partial charge in [-0.05, 0) is 12.3 Å². The molecule has 0 fully saturated rings. The molecule has 1 nitrogen and oxygen atoms in total. The molecule has 0 saturated heterocycles. The van der Waals surface area contributed by atoms with E-state index in [2.05, 4.69) is 26.5 Å². The van der Waals surface area contributed by atoms with Crippen LogP contribution in [0.15, 0.2) is 0 Å². The van der Waals surface area contributed by atoms with Crippen molar-refractivity contribution in [2.75, 3.05) is 0 Å². The molecule has 0 aliphatic rings. The summed E-state index contributed by atoms with van der Waals surface area (Å²) >= 11 is 4.00. The summed E-state index contributed by atoms with van der Waals surface area (Å²) in [7, 11) is 0. The molecule has 0 bridgehead atoms. The SMILES string of the molecule is CC(C)CC(S)C=O. The van der Waals surface area contributed by atoms with Crippen molar-refractivity contribution < 1.29 is 4.79 Å². The highest BCUT2D eigenvalue weighted by Crippen LogP contribution is 2.06. The average Bonchev–Trinajstić information content (AvgIpc) is 1.65. The minimum atomic E-state index is -0.0602. The smallest absolute Gasteiger partial charge is 0.132 e. The number of rotatable bonds is 3. The van der Waals surface area contributed by atoms with Gasteiger partial charge in [0.15, 0.2) is 0 Å². The normalized spacial score (nSPS) is 14.0. The van der Waals surface area contributed by atoms with Crippen LogP contribution in [0.2, 0.25) is 0 Å². The zero-order chi connectivity index (χ0) is 6.57. The van der Waals surface area contributed by atoms with Crippen LogP contribution in [0.25, 0.3) is 0 Å². The third kappa shape index (κ3) is 4.19. The van der Waals surface area contributed by atoms with Crippen LogP contribution in [0.3, 0.4) is 0 Å². The summed E-state index contributed by atoms with van der Waals surface area (Å²) in [5, 5.41) is -0.0602. The van der Waals surface area contributed by atoms with E-state index >= 15 is 0 Å². The minimum absolute atomic E-state index is 0.0602. The zero-order valence-corrected chi connectivity index (χ0v) is 6.19. The van der Waals surface area contributed by atoms with Gasteiger partial charge < -0.3 is 4.79 Å². The van der Waals surface area contributed by atoms with Crippen molar-refractivity contribution in [3.8, 4) is 0 Å². The first-order chi connectivity index (χ1) is 3.66. The van der Waals surface area contributed by atoms with Crippen LogP contribution in [0.1, 0.15) is 20.3 Å². The molecule has 0 amide bonds. The Morgan fingerprint density at radius 3 is 2.25 bits per heavy atom. The van der Waals surface area contributed by atoms with Gasteiger partial charge in [-0.15, -0.1) is 0 Å². The molecule has 0 aromatic rings. The minimum Gasteiger partial charge on any atom is -0.302 e. The van der Waals surface area contributed by atoms with Gasteiger partial charge in [-0.2, -0.15) is 12.6 Å². The highest BCUT2D eigenvalue weighted by Gasteiger charge is 2.01. The maximum atomic E-state index is 9.96. The standard InChI is InChI=1S/C6H12OS/c1-5(2)3-6(8)4-7/h4-6,8H,3H2,1-2H3. The molecule has 0 radical (unpaired) electrons. The lowest BCUT2D eigenvalue weighted by Gasteiger charge is -2.03. The zero-order valence-electron chi connectivity index (χ0n) is 5.29. The van der Waals surface area contributed by atoms with Crippen LogP contribution in [-0.2, 0) is 4.79 Å². The fourth-order valence-corrected chi connectivity index (χ4v) is 0.960. The first-order valence-corrected chi connectivity index (χ1v) is 3.31. The van der Waals surface area contributed by atoms with Crippen molar-refractivity contribution in [3.05, 3.63) is 0 Å². The van der Waals surface area contributed by atoms with E-state index in [4.69, 9.17) is 0 Å². The van der Waals surface area contributed by atoms with Gasteiger partial charge in [0.05, 0.1) is 5.25 Å². The molecule has 8 heavy (non-hydrogen) atoms. The molecule has 1 atom stereocenters. The second kappa shape index (κ2) is 3.96. The average molecular weight is 132 g/mol. The number of carbonyl (C=O) groups is 1. The van der Waals surface area contributed by atoms with Gasteiger partial charge in [-0.1, -0.05) is 13.8 Å². The quantitative estimate of drug-likeness (QED) is 0.455. The van der Waals surface area contributed by atoms with Crippen LogP contribution >= 0.6 is 12.6 Å². The Morgan fingerprint density at radius 2 is 2.12 bits per heavy atom. The predicted octanol–water partition coefficient (Wildman–Crippen LogP) is 1.53. The molecule has 0 saturated carbocycles. The second-order valence-corrected chi connectivity index (χ2v) is 3.00. The Labute approximate surface area is 55.9 Å². The first-order valence-electron chi connectivity index (χ1n) is 2.80. The van der Waals surface area contributed by atoms with E-state index in [1.165, 1.54) is 0 Å². The Bertz CT molecular complexity index is 70.9. The predicted molar refractivity (Wildman–Crippen MR) is 38.3 cm³/mol. The summed E-state index contributed by atoms with van der Waals surface area (Å²) in [6.45, 7) is 4.15. The molecule has 1 unspecified atom stereocenters. The van der Waals surface area contributed by atoms with E-state index in [1.807, 2.05) is 0 Å². The molecule has 0 spiro atoms. The molecule has 0 aliphatic carbocycles. The molecule has 0 N–H and O–H groups in total. The molecule has 2 heteroatoms. The van der Waals surface area contributed by atoms with Gasteiger partial charge in [0.25, 0.3) is 0 Å². The van der Waals surface area contributed by atoms with Gasteiger partial charge in [0.2, 0.25) is 0 Å². The topological polar surface area (TPSA) is 17.1 Å². The molecular formula is C6H12OS. The Morgan fingerprint density at radius 1 is 1.62 bits per heavy atom. The largest absolute Gasteiger partial charge is 0.302 e. The highest BCUT2D eigenvalue weighted by molar-refractivity contribution is 7.81. The van der Waals surface area contributed by atoms with E-state index in [-0.39, 0.29) is 5.25 Å². The lowest BCUT2D eigenvalue weighted by molar-refractivity contribution is -0.107. The fraction of sp³-hybridized carbons (Fsp3) is 0.833. The summed E-state index contributed by atoms with van der Waals surface area (Å²) in [4.78, 5) is 9.96. The summed E-state index contributed by atoms with van der Waals surface area (Å²) in [5.74, 6) is 0.572. The molecule has 0 aromatic carbocycles. The van der Waals surface area contributed by atoms with Crippen molar-refractivity contribution in [3.63, 3.8) is 0 Å². The Hall–Kier alpha value is 0.0200. The highest BCUT2D eigenvalue weighted by atomic mass is 32.1. The van der Waals surface area contributed by atoms with Crippen LogP contribution < -0.4 is 0 Å². The van der Waals surface area contributed by atoms with Crippen molar-refractivity contribution >= 4 is 18.9 Å². The van der Waals surface area contributed by atoms with E-state index in [0.717, 1.165) is 12.7 Å². The maximum Gasteiger partial charge on any atom is 0.132 e. The summed E-state index contributed by atoms with van der Waals surface area (Å²) < 4.78 is 0. The van der Waals surface area contributed by atoms with Crippen molar-refractivity contribution in [1.29, 1.82) is 0 Å². The second-order valence-electron chi connectivity index (χ2n) is 2.33. The Balaban J connectivity index is 3.23. The van der Waals surface area contributed by atoms with E-state index in [1.54, 1.807) is 0 Å². The molecule has 0 rings (SSSR count). The number of hydrogen-bond acceptors (Lipinski definition) is 2. The molecular weight excluding hydrogens is 120 g/mol. The van der Waals surface area contributed by atoms with Gasteiger partial charge in [0, 0.05) is 0 Å². The van der Waals surface area contributed by atoms with Crippen LogP contribution in [0.5, 0.6) is 0 Å². The van der Waals surface area contributed by atoms with Crippen LogP contribution in [-0.4, -0.2) is 11.5 Å². The number of aldehydes is 1. The van der Waals surface area contributed by atoms with E-state index in [0.29, 0.717) is 5.92 Å². The Kier molecular flexibility index (Phi) is 3.97. The lowest BCUT2D eigenvalue weighted by Crippen LogP contribution is -2.03. The van der Waals surface area contributed by atoms with Crippen LogP contribution in [0.4, 0.5) is 0 Å². The molecule has 48 valence electrons. The van der Waals surface area contributed by atoms with E-state index < -0.39 is 0 Å². The molecule has 0 aromatic heterocycles. The maximum absolute atomic E-state index is 9.96. The number of hydrogen-bond donors (Lipinski definition) is 1. The van der Waals surface area contributed by atoms with Gasteiger partial charge in [-0.25, -0.2) is 0 Å². The third-order valence-electron chi connectivity index (χ3n) is 0.870. The van der Waals surface area contributed by atoms with Gasteiger partial charge >= 0.3 is 0 Å². The third-order valence-corrected chi connectivity index (χ3v) is 1.20. The first kappa shape index (κ1) is 8.02. The lowest BCUT2D eigenvalue weighted by atomic mass is 10.1. The number of thiol groups is 1. The molecule has 0 aliphatic heterocycles. The number of carbonyl (C=O) groups excluding carboxylic acids is 1.